The maximum Gasteiger partial charge on any atom is 0.242 e. The number of carbonyl (C=O) groups is 1. The molecule has 0 aliphatic carbocycles. The fourth-order valence-electron chi connectivity index (χ4n) is 2.36. The summed E-state index contributed by atoms with van der Waals surface area (Å²) >= 11 is 0. The van der Waals surface area contributed by atoms with Crippen molar-refractivity contribution < 1.29 is 9.53 Å². The van der Waals surface area contributed by atoms with E-state index >= 15 is 0 Å². The summed E-state index contributed by atoms with van der Waals surface area (Å²) in [5.74, 6) is -0.0691. The second-order valence-electron chi connectivity index (χ2n) is 5.50. The number of nitrogens with zero attached hydrogens (tertiary/aromatic N) is 1. The molecule has 1 aliphatic heterocycles. The molecule has 2 unspecified atom stereocenters. The minimum atomic E-state index is -0.812. The van der Waals surface area contributed by atoms with Crippen molar-refractivity contribution >= 4 is 5.91 Å². The monoisotopic (exact) mass is 271 g/mol. The molecule has 2 atom stereocenters. The Morgan fingerprint density at radius 2 is 2.16 bits per heavy atom. The van der Waals surface area contributed by atoms with Crippen molar-refractivity contribution in [3.63, 3.8) is 0 Å². The van der Waals surface area contributed by atoms with Crippen molar-refractivity contribution in [1.82, 2.24) is 10.2 Å². The first-order valence-electron chi connectivity index (χ1n) is 7.41. The molecular formula is C14H29N3O2. The largest absolute Gasteiger partial charge is 0.379 e. The van der Waals surface area contributed by atoms with Crippen molar-refractivity contribution in [2.24, 2.45) is 5.73 Å². The van der Waals surface area contributed by atoms with Crippen LogP contribution >= 0.6 is 0 Å². The number of carbonyl (C=O) groups excluding carboxylic acids is 1. The number of hydrogen-bond acceptors (Lipinski definition) is 4. The molecule has 19 heavy (non-hydrogen) atoms. The van der Waals surface area contributed by atoms with Crippen LogP contribution in [-0.4, -0.2) is 55.2 Å². The second kappa shape index (κ2) is 7.82. The lowest BCUT2D eigenvalue weighted by Crippen LogP contribution is -2.56. The zero-order valence-corrected chi connectivity index (χ0v) is 12.6. The van der Waals surface area contributed by atoms with Gasteiger partial charge in [-0.25, -0.2) is 0 Å². The summed E-state index contributed by atoms with van der Waals surface area (Å²) in [6.45, 7) is 10.6. The number of nitrogens with two attached hydrogens (primary N) is 1. The van der Waals surface area contributed by atoms with E-state index in [1.165, 1.54) is 0 Å². The average Bonchev–Trinajstić information content (AvgIpc) is 2.83. The summed E-state index contributed by atoms with van der Waals surface area (Å²) in [7, 11) is 0. The fourth-order valence-corrected chi connectivity index (χ4v) is 2.36. The Hall–Kier alpha value is -0.650. The maximum atomic E-state index is 12.1. The third-order valence-corrected chi connectivity index (χ3v) is 3.89. The molecular weight excluding hydrogens is 242 g/mol. The van der Waals surface area contributed by atoms with Gasteiger partial charge >= 0.3 is 0 Å². The molecule has 5 nitrogen and oxygen atoms in total. The van der Waals surface area contributed by atoms with Crippen LogP contribution < -0.4 is 11.1 Å². The van der Waals surface area contributed by atoms with E-state index in [4.69, 9.17) is 10.5 Å². The highest BCUT2D eigenvalue weighted by Gasteiger charge is 2.38. The summed E-state index contributed by atoms with van der Waals surface area (Å²) < 4.78 is 5.21. The lowest BCUT2D eigenvalue weighted by atomic mass is 9.98. The third-order valence-electron chi connectivity index (χ3n) is 3.89. The van der Waals surface area contributed by atoms with Gasteiger partial charge in [0.1, 0.15) is 5.54 Å². The van der Waals surface area contributed by atoms with Gasteiger partial charge in [0, 0.05) is 12.6 Å². The van der Waals surface area contributed by atoms with Crippen LogP contribution in [0.1, 0.15) is 40.0 Å². The molecule has 0 saturated carbocycles. The Bertz CT molecular complexity index is 274. The van der Waals surface area contributed by atoms with E-state index < -0.39 is 5.54 Å². The highest BCUT2D eigenvalue weighted by molar-refractivity contribution is 5.86. The lowest BCUT2D eigenvalue weighted by Gasteiger charge is -2.24. The molecule has 112 valence electrons. The van der Waals surface area contributed by atoms with Gasteiger partial charge in [-0.2, -0.15) is 0 Å². The molecule has 0 aromatic heterocycles. The lowest BCUT2D eigenvalue weighted by molar-refractivity contribution is -0.127. The fraction of sp³-hybridized carbons (Fsp3) is 0.929. The predicted octanol–water partition coefficient (Wildman–Crippen LogP) is 0.731. The van der Waals surface area contributed by atoms with Gasteiger partial charge in [0.05, 0.1) is 6.61 Å². The van der Waals surface area contributed by atoms with Gasteiger partial charge in [0.15, 0.2) is 0 Å². The van der Waals surface area contributed by atoms with Gasteiger partial charge in [-0.3, -0.25) is 4.79 Å². The predicted molar refractivity (Wildman–Crippen MR) is 77.0 cm³/mol. The molecule has 1 fully saturated rings. The first kappa shape index (κ1) is 16.4. The molecule has 3 N–H and O–H groups in total. The average molecular weight is 271 g/mol. The van der Waals surface area contributed by atoms with E-state index in [0.717, 1.165) is 32.5 Å². The van der Waals surface area contributed by atoms with Crippen molar-refractivity contribution in [3.05, 3.63) is 0 Å². The van der Waals surface area contributed by atoms with Crippen LogP contribution in [0.25, 0.3) is 0 Å². The molecule has 5 heteroatoms. The van der Waals surface area contributed by atoms with Crippen LogP contribution in [0.5, 0.6) is 0 Å². The van der Waals surface area contributed by atoms with Gasteiger partial charge < -0.3 is 20.7 Å². The summed E-state index contributed by atoms with van der Waals surface area (Å²) in [6, 6.07) is 0.170. The van der Waals surface area contributed by atoms with Crippen LogP contribution in [-0.2, 0) is 9.53 Å². The molecule has 0 bridgehead atoms. The van der Waals surface area contributed by atoms with Crippen molar-refractivity contribution in [2.75, 3.05) is 32.8 Å². The standard InChI is InChI=1S/C14H29N3O2/c1-4-17(5-2)9-6-7-12(3)16-13(18)14(15)8-10-19-11-14/h12H,4-11,15H2,1-3H3,(H,16,18). The summed E-state index contributed by atoms with van der Waals surface area (Å²) in [6.07, 6.45) is 2.70. The van der Waals surface area contributed by atoms with Gasteiger partial charge in [-0.05, 0) is 45.8 Å². The summed E-state index contributed by atoms with van der Waals surface area (Å²) in [4.78, 5) is 14.5. The SMILES string of the molecule is CCN(CC)CCCC(C)NC(=O)C1(N)CCOC1. The zero-order chi connectivity index (χ0) is 14.3. The van der Waals surface area contributed by atoms with Crippen molar-refractivity contribution in [3.8, 4) is 0 Å². The zero-order valence-electron chi connectivity index (χ0n) is 12.6. The first-order chi connectivity index (χ1) is 9.01. The van der Waals surface area contributed by atoms with E-state index in [-0.39, 0.29) is 11.9 Å². The molecule has 1 aliphatic rings. The molecule has 1 saturated heterocycles. The molecule has 1 amide bonds. The Kier molecular flexibility index (Phi) is 6.75. The van der Waals surface area contributed by atoms with Crippen molar-refractivity contribution in [2.45, 2.75) is 51.6 Å². The Morgan fingerprint density at radius 3 is 2.68 bits per heavy atom. The number of amides is 1. The third kappa shape index (κ3) is 5.09. The number of ether oxygens (including phenoxy) is 1. The van der Waals surface area contributed by atoms with Crippen LogP contribution in [0.3, 0.4) is 0 Å². The quantitative estimate of drug-likeness (QED) is 0.683. The van der Waals surface area contributed by atoms with Gasteiger partial charge in [-0.1, -0.05) is 13.8 Å². The first-order valence-corrected chi connectivity index (χ1v) is 7.41. The smallest absolute Gasteiger partial charge is 0.242 e. The number of rotatable bonds is 8. The minimum Gasteiger partial charge on any atom is -0.379 e. The van der Waals surface area contributed by atoms with Crippen LogP contribution in [0, 0.1) is 0 Å². The highest BCUT2D eigenvalue weighted by atomic mass is 16.5. The Morgan fingerprint density at radius 1 is 1.47 bits per heavy atom. The molecule has 1 rings (SSSR count). The van der Waals surface area contributed by atoms with E-state index in [2.05, 4.69) is 24.1 Å². The highest BCUT2D eigenvalue weighted by Crippen LogP contribution is 2.16. The Labute approximate surface area is 116 Å². The van der Waals surface area contributed by atoms with Gasteiger partial charge in [0.25, 0.3) is 0 Å². The molecule has 0 radical (unpaired) electrons. The van der Waals surface area contributed by atoms with E-state index in [9.17, 15) is 4.79 Å². The van der Waals surface area contributed by atoms with Crippen LogP contribution in [0.15, 0.2) is 0 Å². The molecule has 1 heterocycles. The topological polar surface area (TPSA) is 67.6 Å². The van der Waals surface area contributed by atoms with E-state index in [1.54, 1.807) is 0 Å². The molecule has 0 aromatic rings. The maximum absolute atomic E-state index is 12.1. The van der Waals surface area contributed by atoms with Crippen LogP contribution in [0.4, 0.5) is 0 Å². The summed E-state index contributed by atoms with van der Waals surface area (Å²) in [5.41, 5.74) is 5.21. The second-order valence-corrected chi connectivity index (χ2v) is 5.50. The molecule has 0 spiro atoms. The Balaban J connectivity index is 2.23. The van der Waals surface area contributed by atoms with Gasteiger partial charge in [-0.15, -0.1) is 0 Å². The molecule has 0 aromatic carbocycles. The minimum absolute atomic E-state index is 0.0691. The summed E-state index contributed by atoms with van der Waals surface area (Å²) in [5, 5.41) is 3.01. The van der Waals surface area contributed by atoms with E-state index in [1.807, 2.05) is 6.92 Å². The number of hydrogen-bond donors (Lipinski definition) is 2. The normalized spacial score (nSPS) is 24.7. The van der Waals surface area contributed by atoms with E-state index in [0.29, 0.717) is 19.6 Å². The van der Waals surface area contributed by atoms with Crippen molar-refractivity contribution in [1.29, 1.82) is 0 Å². The van der Waals surface area contributed by atoms with Crippen LogP contribution in [0.2, 0.25) is 0 Å². The number of nitrogens with one attached hydrogen (secondary N) is 1. The van der Waals surface area contributed by atoms with Gasteiger partial charge in [0.2, 0.25) is 5.91 Å².